The summed E-state index contributed by atoms with van der Waals surface area (Å²) in [4.78, 5) is 37.5. The zero-order valence-corrected chi connectivity index (χ0v) is 89.8. The molecule has 6 bridgehead atoms. The van der Waals surface area contributed by atoms with Crippen LogP contribution >= 0.6 is 93.5 Å². The zero-order chi connectivity index (χ0) is 94.3. The number of aliphatic imine (C=N–C) groups is 2. The normalized spacial score (nSPS) is 13.5. The summed E-state index contributed by atoms with van der Waals surface area (Å²) < 4.78 is 74.4. The third-order valence-corrected chi connectivity index (χ3v) is 32.6. The van der Waals surface area contributed by atoms with Gasteiger partial charge < -0.3 is 60.8 Å². The number of thioether (sulfide) groups is 4. The summed E-state index contributed by atoms with van der Waals surface area (Å²) in [6.45, 7) is 67.2. The molecule has 2 aromatic heterocycles. The number of nitrogens with zero attached hydrogens (tertiary/aromatic N) is 11. The summed E-state index contributed by atoms with van der Waals surface area (Å²) in [6.07, 6.45) is 5.03. The van der Waals surface area contributed by atoms with Crippen LogP contribution in [0.25, 0.3) is 43.8 Å². The number of fused-ring (bicyclic) bond motifs is 15. The number of benzene rings is 4. The summed E-state index contributed by atoms with van der Waals surface area (Å²) >= 11 is 40.3. The Bertz CT molecular complexity index is 5280. The first-order valence-electron chi connectivity index (χ1n) is 48.3. The summed E-state index contributed by atoms with van der Waals surface area (Å²) in [5.74, 6) is 9.42. The van der Waals surface area contributed by atoms with Crippen LogP contribution in [-0.2, 0) is 11.3 Å². The first kappa shape index (κ1) is 106. The summed E-state index contributed by atoms with van der Waals surface area (Å²) in [7, 11) is 9.27. The number of nitrogens with one attached hydrogen (secondary N) is 1. The van der Waals surface area contributed by atoms with Gasteiger partial charge in [-0.25, -0.2) is 9.98 Å². The van der Waals surface area contributed by atoms with E-state index in [2.05, 4.69) is 199 Å². The molecule has 0 spiro atoms. The van der Waals surface area contributed by atoms with Crippen LogP contribution in [0.4, 0.5) is 11.6 Å². The van der Waals surface area contributed by atoms with Crippen molar-refractivity contribution in [1.29, 1.82) is 0 Å². The van der Waals surface area contributed by atoms with Crippen LogP contribution in [0, 0.1) is 47.3 Å². The van der Waals surface area contributed by atoms with Gasteiger partial charge in [-0.3, -0.25) is 0 Å². The van der Waals surface area contributed by atoms with E-state index in [4.69, 9.17) is 114 Å². The molecular weight excluding hydrogens is 1780 g/mol. The Hall–Kier alpha value is -5.00. The number of ether oxygens (including phenoxy) is 8. The van der Waals surface area contributed by atoms with Crippen molar-refractivity contribution in [3.05, 3.63) is 47.8 Å². The highest BCUT2D eigenvalue weighted by Crippen LogP contribution is 2.58. The van der Waals surface area contributed by atoms with Crippen molar-refractivity contribution in [3.8, 4) is 46.1 Å². The van der Waals surface area contributed by atoms with Gasteiger partial charge in [0.25, 0.3) is 17.3 Å². The molecule has 0 unspecified atom stereocenters. The Kier molecular flexibility index (Phi) is 39.2. The predicted octanol–water partition coefficient (Wildman–Crippen LogP) is 24.9. The highest BCUT2D eigenvalue weighted by molar-refractivity contribution is 8.00. The molecule has 1 N–H and O–H groups in total. The lowest BCUT2D eigenvalue weighted by Crippen LogP contribution is -2.45. The fraction of sp³-hybridized carbons (Fsp3) is 0.680. The third-order valence-electron chi connectivity index (χ3n) is 26.3. The molecule has 10 rings (SSSR count). The first-order valence-corrected chi connectivity index (χ1v) is 53.8. The highest BCUT2D eigenvalue weighted by Gasteiger charge is 2.44. The van der Waals surface area contributed by atoms with Crippen LogP contribution in [-0.4, -0.2) is 227 Å². The van der Waals surface area contributed by atoms with E-state index in [0.717, 1.165) is 138 Å². The second kappa shape index (κ2) is 47.7. The second-order valence-electron chi connectivity index (χ2n) is 39.8. The van der Waals surface area contributed by atoms with E-state index in [9.17, 15) is 0 Å². The standard InChI is InChI=1S/C100H156Cl4N12O9S4/c1-29-113(25,30-2)44-55-126-89-69(60-117-59-68(23)24)70-71(82(78(89)101)118-48-37-61(9)10)94-105-93(70)108-97-74-77(88(124-54-43-67(21)22)92(129-58-47-116(28,35-7)36-8)80(103)84(74)120-50-39-63(13)14)100-110-99-75-76(87(123-53-42-66(19)20)91(128-57-46-115(27,33-5)34-6)81(104)85(75)121-51-40-64(15)16)98(112(99)125-111(97)100)109-96-72-73(95(106-94)107-96)86(122-52-41-65(17)18)90(127-56-45-114(26,31-3)32-4)79(102)83(72)119-49-38-62(11)12/h61-68H,29-60H2,1-28H3/q+4/p+1. The number of halogens is 4. The molecule has 4 aliphatic rings. The average Bonchev–Trinajstić information content (AvgIpc) is 1.53. The Morgan fingerprint density at radius 3 is 1.08 bits per heavy atom. The SMILES string of the molecule is CC[N+](C)(CC)CCSc1c(Cl)c(OCCC(C)C)c2c(c1COCC(C)C)C1=Nc3c4c(OCCC(C)C)c(Cl)c(SCC[N+](C)(CC)CC)c(OCCC(C)C)c4c4nc5c6c(OCCC(C)C)c(Cl)c(SCC[N+](C)(CC)CC)c(OCCC(C)C)c6c([n+]-5on34)N=c3[nH]c(c4c(OCCC(C)C)c(SCC[N+](C)(CC)CC)c(Cl)c(OCCC(C)C)c34)=NC2=N1. The van der Waals surface area contributed by atoms with Gasteiger partial charge in [-0.2, -0.15) is 9.62 Å². The summed E-state index contributed by atoms with van der Waals surface area (Å²) in [6, 6.07) is 0. The molecule has 4 aromatic carbocycles. The fourth-order valence-corrected chi connectivity index (χ4v) is 22.0. The predicted molar refractivity (Wildman–Crippen MR) is 545 cm³/mol. The maximum absolute atomic E-state index is 8.40. The molecule has 21 nitrogen and oxygen atoms in total. The van der Waals surface area contributed by atoms with E-state index >= 15 is 0 Å². The second-order valence-corrected chi connectivity index (χ2v) is 45.7. The number of hydrogen-bond acceptors (Lipinski definition) is 18. The minimum absolute atomic E-state index is 0.122. The number of aromatic nitrogens is 4. The molecule has 0 amide bonds. The zero-order valence-electron chi connectivity index (χ0n) is 83.5. The quantitative estimate of drug-likeness (QED) is 0.0217. The van der Waals surface area contributed by atoms with Crippen molar-refractivity contribution in [2.45, 2.75) is 237 Å². The Balaban J connectivity index is 1.61. The van der Waals surface area contributed by atoms with Crippen molar-refractivity contribution in [2.75, 3.05) is 183 Å². The van der Waals surface area contributed by atoms with E-state index < -0.39 is 0 Å². The fourth-order valence-electron chi connectivity index (χ4n) is 15.3. The van der Waals surface area contributed by atoms with E-state index in [-0.39, 0.29) is 77.3 Å². The molecule has 0 atom stereocenters. The van der Waals surface area contributed by atoms with Gasteiger partial charge in [-0.05, 0) is 157 Å². The average molecular weight is 1940 g/mol. The number of aromatic amines is 1. The third kappa shape index (κ3) is 25.3. The topological polar surface area (TPSA) is 173 Å². The molecule has 718 valence electrons. The molecule has 0 saturated heterocycles. The minimum atomic E-state index is 0.122. The number of rotatable bonds is 56. The number of amidine groups is 2. The van der Waals surface area contributed by atoms with Gasteiger partial charge >= 0.3 is 0 Å². The maximum atomic E-state index is 8.40. The van der Waals surface area contributed by atoms with Gasteiger partial charge in [-0.1, -0.05) is 162 Å². The molecule has 0 aliphatic carbocycles. The van der Waals surface area contributed by atoms with Crippen molar-refractivity contribution >= 4 is 155 Å². The first-order chi connectivity index (χ1) is 61.3. The minimum Gasteiger partial charge on any atom is -0.492 e. The van der Waals surface area contributed by atoms with Crippen LogP contribution in [0.2, 0.25) is 20.1 Å². The smallest absolute Gasteiger partial charge is 0.287 e. The Morgan fingerprint density at radius 2 is 0.690 bits per heavy atom. The monoisotopic (exact) mass is 1940 g/mol. The molecule has 29 heteroatoms. The largest absolute Gasteiger partial charge is 0.492 e. The van der Waals surface area contributed by atoms with Gasteiger partial charge in [0.05, 0.1) is 201 Å². The maximum Gasteiger partial charge on any atom is 0.287 e. The van der Waals surface area contributed by atoms with Crippen molar-refractivity contribution in [2.24, 2.45) is 67.3 Å². The lowest BCUT2D eigenvalue weighted by molar-refractivity contribution is -0.903. The summed E-state index contributed by atoms with van der Waals surface area (Å²) in [5, 5.41) is 4.81. The van der Waals surface area contributed by atoms with Crippen LogP contribution < -0.4 is 48.9 Å². The lowest BCUT2D eigenvalue weighted by atomic mass is 10.00. The molecule has 4 aliphatic heterocycles. The molecule has 0 fully saturated rings. The molecule has 0 radical (unpaired) electrons. The molecule has 0 saturated carbocycles. The van der Waals surface area contributed by atoms with E-state index in [1.165, 1.54) is 0 Å². The van der Waals surface area contributed by atoms with Crippen LogP contribution in [0.15, 0.2) is 44.2 Å². The van der Waals surface area contributed by atoms with Gasteiger partial charge in [0.15, 0.2) is 34.7 Å². The van der Waals surface area contributed by atoms with E-state index in [0.29, 0.717) is 231 Å². The Labute approximate surface area is 809 Å². The molecular formula is C100H157Cl4N12O9S4+5. The number of hydrogen-bond donors (Lipinski definition) is 1. The van der Waals surface area contributed by atoms with Crippen LogP contribution in [0.3, 0.4) is 0 Å². The van der Waals surface area contributed by atoms with E-state index in [1.807, 2.05) is 0 Å². The molecule has 6 aromatic rings. The number of quaternary nitrogens is 4. The summed E-state index contributed by atoms with van der Waals surface area (Å²) in [5.41, 5.74) is 2.93. The molecule has 129 heavy (non-hydrogen) atoms. The van der Waals surface area contributed by atoms with Gasteiger partial charge in [0, 0.05) is 45.6 Å². The van der Waals surface area contributed by atoms with Gasteiger partial charge in [0.1, 0.15) is 54.0 Å². The highest BCUT2D eigenvalue weighted by atomic mass is 35.5. The van der Waals surface area contributed by atoms with Gasteiger partial charge in [0.2, 0.25) is 11.3 Å². The lowest BCUT2D eigenvalue weighted by Gasteiger charge is -2.32. The van der Waals surface area contributed by atoms with Crippen molar-refractivity contribution in [3.63, 3.8) is 0 Å². The van der Waals surface area contributed by atoms with Crippen LogP contribution in [0.5, 0.6) is 40.2 Å². The van der Waals surface area contributed by atoms with Crippen LogP contribution in [0.1, 0.15) is 228 Å². The van der Waals surface area contributed by atoms with Crippen molar-refractivity contribution < 1.29 is 65.2 Å². The number of H-pyrrole nitrogens is 1. The van der Waals surface area contributed by atoms with E-state index in [1.54, 1.807) is 56.4 Å². The molecule has 6 heterocycles. The van der Waals surface area contributed by atoms with Crippen molar-refractivity contribution in [1.82, 2.24) is 14.5 Å². The van der Waals surface area contributed by atoms with Gasteiger partial charge in [-0.15, -0.1) is 52.0 Å². The Morgan fingerprint density at radius 1 is 0.364 bits per heavy atom.